The molecule has 21 heavy (non-hydrogen) atoms. The number of fused-ring (bicyclic) bond motifs is 1. The average molecular weight is 290 g/mol. The molecule has 0 spiro atoms. The number of hydrogen-bond acceptors (Lipinski definition) is 5. The van der Waals surface area contributed by atoms with E-state index in [1.165, 1.54) is 25.9 Å². The minimum atomic E-state index is -0.127. The Kier molecular flexibility index (Phi) is 3.88. The standard InChI is InChI=1S/C15H22N4O2/c1-18(6-7-19-4-2-3-5-19)13-9-12-14(8-11(13)16)21-10-15(20)17-12/h8-9H,2-7,10,16H2,1H3,(H,17,20). The molecule has 2 aliphatic rings. The molecule has 0 bridgehead atoms. The van der Waals surface area contributed by atoms with E-state index in [9.17, 15) is 4.79 Å². The Bertz CT molecular complexity index is 541. The van der Waals surface area contributed by atoms with Crippen LogP contribution in [0.15, 0.2) is 12.1 Å². The van der Waals surface area contributed by atoms with Crippen molar-refractivity contribution in [2.75, 3.05) is 55.8 Å². The number of hydrogen-bond donors (Lipinski definition) is 2. The van der Waals surface area contributed by atoms with E-state index in [2.05, 4.69) is 15.1 Å². The number of carbonyl (C=O) groups excluding carboxylic acids is 1. The van der Waals surface area contributed by atoms with Gasteiger partial charge < -0.3 is 25.6 Å². The third-order valence-electron chi connectivity index (χ3n) is 4.12. The zero-order chi connectivity index (χ0) is 14.8. The van der Waals surface area contributed by atoms with Gasteiger partial charge in [-0.05, 0) is 32.0 Å². The normalized spacial score (nSPS) is 18.0. The minimum absolute atomic E-state index is 0.0522. The molecule has 1 amide bonds. The lowest BCUT2D eigenvalue weighted by Crippen LogP contribution is -2.32. The Morgan fingerprint density at radius 1 is 1.38 bits per heavy atom. The highest BCUT2D eigenvalue weighted by Crippen LogP contribution is 2.36. The maximum absolute atomic E-state index is 11.4. The summed E-state index contributed by atoms with van der Waals surface area (Å²) in [6.45, 7) is 4.39. The van der Waals surface area contributed by atoms with Crippen molar-refractivity contribution in [3.05, 3.63) is 12.1 Å². The number of ether oxygens (including phenoxy) is 1. The molecule has 0 radical (unpaired) electrons. The van der Waals surface area contributed by atoms with Gasteiger partial charge >= 0.3 is 0 Å². The van der Waals surface area contributed by atoms with Crippen molar-refractivity contribution in [1.82, 2.24) is 4.90 Å². The Morgan fingerprint density at radius 2 is 2.14 bits per heavy atom. The van der Waals surface area contributed by atoms with E-state index in [0.717, 1.165) is 18.8 Å². The first-order chi connectivity index (χ1) is 10.1. The first-order valence-corrected chi connectivity index (χ1v) is 7.43. The van der Waals surface area contributed by atoms with Crippen LogP contribution < -0.4 is 20.7 Å². The molecule has 2 heterocycles. The molecule has 2 aliphatic heterocycles. The Morgan fingerprint density at radius 3 is 2.90 bits per heavy atom. The van der Waals surface area contributed by atoms with Crippen molar-refractivity contribution in [3.63, 3.8) is 0 Å². The molecule has 1 saturated heterocycles. The molecule has 3 rings (SSSR count). The molecule has 1 fully saturated rings. The maximum Gasteiger partial charge on any atom is 0.262 e. The Labute approximate surface area is 124 Å². The number of rotatable bonds is 4. The monoisotopic (exact) mass is 290 g/mol. The molecule has 0 unspecified atom stereocenters. The van der Waals surface area contributed by atoms with E-state index < -0.39 is 0 Å². The second kappa shape index (κ2) is 5.81. The fourth-order valence-electron chi connectivity index (χ4n) is 2.88. The van der Waals surface area contributed by atoms with Crippen molar-refractivity contribution >= 4 is 23.0 Å². The maximum atomic E-state index is 11.4. The summed E-state index contributed by atoms with van der Waals surface area (Å²) in [5, 5.41) is 2.82. The van der Waals surface area contributed by atoms with Crippen LogP contribution >= 0.6 is 0 Å². The van der Waals surface area contributed by atoms with Crippen LogP contribution in [0.4, 0.5) is 17.1 Å². The summed E-state index contributed by atoms with van der Waals surface area (Å²) in [7, 11) is 2.03. The van der Waals surface area contributed by atoms with Crippen molar-refractivity contribution in [2.24, 2.45) is 0 Å². The Hall–Kier alpha value is -1.95. The molecular formula is C15H22N4O2. The fraction of sp³-hybridized carbons (Fsp3) is 0.533. The highest BCUT2D eigenvalue weighted by molar-refractivity contribution is 5.97. The van der Waals surface area contributed by atoms with Gasteiger partial charge in [-0.25, -0.2) is 0 Å². The second-order valence-corrected chi connectivity index (χ2v) is 5.71. The summed E-state index contributed by atoms with van der Waals surface area (Å²) in [6.07, 6.45) is 2.60. The molecule has 6 nitrogen and oxygen atoms in total. The van der Waals surface area contributed by atoms with Crippen LogP contribution in [0, 0.1) is 0 Å². The number of benzene rings is 1. The minimum Gasteiger partial charge on any atom is -0.482 e. The van der Waals surface area contributed by atoms with Crippen LogP contribution in [0.5, 0.6) is 5.75 Å². The molecule has 114 valence electrons. The number of nitrogens with zero attached hydrogens (tertiary/aromatic N) is 2. The molecule has 0 aliphatic carbocycles. The quantitative estimate of drug-likeness (QED) is 0.814. The van der Waals surface area contributed by atoms with Crippen molar-refractivity contribution in [1.29, 1.82) is 0 Å². The van der Waals surface area contributed by atoms with Gasteiger partial charge in [-0.2, -0.15) is 0 Å². The zero-order valence-corrected chi connectivity index (χ0v) is 12.4. The topological polar surface area (TPSA) is 70.8 Å². The summed E-state index contributed by atoms with van der Waals surface area (Å²) in [5.74, 6) is 0.515. The molecule has 1 aromatic rings. The summed E-state index contributed by atoms with van der Waals surface area (Å²) in [5.41, 5.74) is 8.42. The van der Waals surface area contributed by atoms with Crippen LogP contribution in [-0.4, -0.2) is 50.6 Å². The highest BCUT2D eigenvalue weighted by atomic mass is 16.5. The van der Waals surface area contributed by atoms with Gasteiger partial charge in [-0.3, -0.25) is 4.79 Å². The number of anilines is 3. The fourth-order valence-corrected chi connectivity index (χ4v) is 2.88. The van der Waals surface area contributed by atoms with Crippen LogP contribution in [-0.2, 0) is 4.79 Å². The molecule has 6 heteroatoms. The van der Waals surface area contributed by atoms with Crippen LogP contribution in [0.2, 0.25) is 0 Å². The van der Waals surface area contributed by atoms with E-state index in [0.29, 0.717) is 17.1 Å². The lowest BCUT2D eigenvalue weighted by Gasteiger charge is -2.26. The molecule has 0 aromatic heterocycles. The number of nitrogen functional groups attached to an aromatic ring is 1. The molecular weight excluding hydrogens is 268 g/mol. The van der Waals surface area contributed by atoms with E-state index >= 15 is 0 Å². The predicted octanol–water partition coefficient (Wildman–Crippen LogP) is 1.13. The summed E-state index contributed by atoms with van der Waals surface area (Å²) in [4.78, 5) is 16.0. The average Bonchev–Trinajstić information content (AvgIpc) is 2.98. The van der Waals surface area contributed by atoms with E-state index in [-0.39, 0.29) is 12.5 Å². The molecule has 0 atom stereocenters. The SMILES string of the molecule is CN(CCN1CCCC1)c1cc2c(cc1N)OCC(=O)N2. The van der Waals surface area contributed by atoms with Gasteiger partial charge in [0, 0.05) is 26.2 Å². The van der Waals surface area contributed by atoms with Gasteiger partial charge in [0.05, 0.1) is 17.1 Å². The lowest BCUT2D eigenvalue weighted by atomic mass is 10.2. The predicted molar refractivity (Wildman–Crippen MR) is 83.9 cm³/mol. The van der Waals surface area contributed by atoms with Gasteiger partial charge in [0.1, 0.15) is 5.75 Å². The largest absolute Gasteiger partial charge is 0.482 e. The number of likely N-dealkylation sites (N-methyl/N-ethyl adjacent to an activating group) is 1. The van der Waals surface area contributed by atoms with Crippen LogP contribution in [0.1, 0.15) is 12.8 Å². The van der Waals surface area contributed by atoms with Gasteiger partial charge in [-0.1, -0.05) is 0 Å². The van der Waals surface area contributed by atoms with Crippen molar-refractivity contribution in [3.8, 4) is 5.75 Å². The van der Waals surface area contributed by atoms with Crippen LogP contribution in [0.3, 0.4) is 0 Å². The van der Waals surface area contributed by atoms with Crippen LogP contribution in [0.25, 0.3) is 0 Å². The summed E-state index contributed by atoms with van der Waals surface area (Å²) < 4.78 is 5.37. The lowest BCUT2D eigenvalue weighted by molar-refractivity contribution is -0.118. The van der Waals surface area contributed by atoms with Crippen molar-refractivity contribution < 1.29 is 9.53 Å². The number of nitrogens with one attached hydrogen (secondary N) is 1. The molecule has 1 aromatic carbocycles. The number of carbonyl (C=O) groups is 1. The Balaban J connectivity index is 1.71. The van der Waals surface area contributed by atoms with Gasteiger partial charge in [0.15, 0.2) is 6.61 Å². The number of nitrogens with two attached hydrogens (primary N) is 1. The highest BCUT2D eigenvalue weighted by Gasteiger charge is 2.19. The second-order valence-electron chi connectivity index (χ2n) is 5.71. The van der Waals surface area contributed by atoms with Gasteiger partial charge in [0.25, 0.3) is 5.91 Å². The zero-order valence-electron chi connectivity index (χ0n) is 12.4. The van der Waals surface area contributed by atoms with Gasteiger partial charge in [0.2, 0.25) is 0 Å². The first-order valence-electron chi connectivity index (χ1n) is 7.43. The summed E-state index contributed by atoms with van der Waals surface area (Å²) in [6, 6.07) is 3.68. The van der Waals surface area contributed by atoms with E-state index in [4.69, 9.17) is 10.5 Å². The van der Waals surface area contributed by atoms with E-state index in [1.54, 1.807) is 6.07 Å². The molecule has 3 N–H and O–H groups in total. The number of amides is 1. The smallest absolute Gasteiger partial charge is 0.262 e. The number of likely N-dealkylation sites (tertiary alicyclic amines) is 1. The van der Waals surface area contributed by atoms with E-state index in [1.807, 2.05) is 13.1 Å². The first kappa shape index (κ1) is 14.0. The van der Waals surface area contributed by atoms with Crippen molar-refractivity contribution in [2.45, 2.75) is 12.8 Å². The summed E-state index contributed by atoms with van der Waals surface area (Å²) >= 11 is 0. The third kappa shape index (κ3) is 3.05. The van der Waals surface area contributed by atoms with Gasteiger partial charge in [-0.15, -0.1) is 0 Å². The molecule has 0 saturated carbocycles. The third-order valence-corrected chi connectivity index (χ3v) is 4.12.